The van der Waals surface area contributed by atoms with E-state index in [1.54, 1.807) is 0 Å². The van der Waals surface area contributed by atoms with E-state index >= 15 is 0 Å². The average molecular weight is 190 g/mol. The summed E-state index contributed by atoms with van der Waals surface area (Å²) in [7, 11) is 0. The maximum atomic E-state index is 10.9. The lowest BCUT2D eigenvalue weighted by atomic mass is 10.2. The molecule has 12 heavy (non-hydrogen) atoms. The number of esters is 1. The highest BCUT2D eigenvalue weighted by atomic mass is 32.2. The van der Waals surface area contributed by atoms with Crippen LogP contribution in [0.4, 0.5) is 0 Å². The smallest absolute Gasteiger partial charge is 0.306 e. The summed E-state index contributed by atoms with van der Waals surface area (Å²) in [6, 6.07) is 0. The Hall–Kier alpha value is -0.180. The fourth-order valence-electron chi connectivity index (χ4n) is 0.893. The molecule has 0 rings (SSSR count). The molecule has 0 aromatic rings. The molecular weight excluding hydrogens is 172 g/mol. The minimum absolute atomic E-state index is 0.0551. The van der Waals surface area contributed by atoms with Crippen molar-refractivity contribution < 1.29 is 9.53 Å². The monoisotopic (exact) mass is 190 g/mol. The number of hydrogen-bond acceptors (Lipinski definition) is 3. The highest BCUT2D eigenvalue weighted by molar-refractivity contribution is 7.98. The Kier molecular flexibility index (Phi) is 8.78. The summed E-state index contributed by atoms with van der Waals surface area (Å²) in [6.07, 6.45) is 7.05. The number of carbonyl (C=O) groups excluding carboxylic acids is 1. The number of hydrogen-bond donors (Lipinski definition) is 0. The maximum absolute atomic E-state index is 10.9. The van der Waals surface area contributed by atoms with E-state index in [2.05, 4.69) is 6.92 Å². The first kappa shape index (κ1) is 11.8. The van der Waals surface area contributed by atoms with E-state index in [9.17, 15) is 4.79 Å². The summed E-state index contributed by atoms with van der Waals surface area (Å²) in [4.78, 5) is 10.9. The number of unbranched alkanes of at least 4 members (excludes halogenated alkanes) is 3. The zero-order valence-corrected chi connectivity index (χ0v) is 8.78. The van der Waals surface area contributed by atoms with Gasteiger partial charge in [-0.25, -0.2) is 0 Å². The number of ether oxygens (including phenoxy) is 1. The van der Waals surface area contributed by atoms with E-state index in [-0.39, 0.29) is 5.97 Å². The molecule has 3 heteroatoms. The molecular formula is C9H18O2S. The first-order valence-electron chi connectivity index (χ1n) is 4.45. The molecule has 0 bridgehead atoms. The van der Waals surface area contributed by atoms with E-state index in [1.807, 2.05) is 6.26 Å². The first-order valence-corrected chi connectivity index (χ1v) is 5.85. The normalized spacial score (nSPS) is 9.83. The van der Waals surface area contributed by atoms with Gasteiger partial charge in [-0.05, 0) is 12.7 Å². The van der Waals surface area contributed by atoms with Crippen molar-refractivity contribution in [1.29, 1.82) is 0 Å². The summed E-state index contributed by atoms with van der Waals surface area (Å²) in [5, 5.41) is 0. The Morgan fingerprint density at radius 1 is 1.33 bits per heavy atom. The zero-order valence-electron chi connectivity index (χ0n) is 7.97. The molecule has 0 fully saturated rings. The number of carbonyl (C=O) groups is 1. The van der Waals surface area contributed by atoms with E-state index in [4.69, 9.17) is 4.74 Å². The fraction of sp³-hybridized carbons (Fsp3) is 0.889. The van der Waals surface area contributed by atoms with Crippen molar-refractivity contribution in [1.82, 2.24) is 0 Å². The van der Waals surface area contributed by atoms with Crippen molar-refractivity contribution in [3.05, 3.63) is 0 Å². The molecule has 0 aliphatic heterocycles. The van der Waals surface area contributed by atoms with Crippen LogP contribution in [0.3, 0.4) is 0 Å². The zero-order chi connectivity index (χ0) is 9.23. The van der Waals surface area contributed by atoms with Crippen LogP contribution in [0.2, 0.25) is 0 Å². The molecule has 0 N–H and O–H groups in total. The quantitative estimate of drug-likeness (QED) is 0.351. The van der Waals surface area contributed by atoms with Crippen LogP contribution in [-0.4, -0.2) is 18.2 Å². The molecule has 0 aromatic carbocycles. The summed E-state index contributed by atoms with van der Waals surface area (Å²) in [5.41, 5.74) is 0. The Morgan fingerprint density at radius 3 is 2.67 bits per heavy atom. The minimum atomic E-state index is -0.0551. The fourth-order valence-corrected chi connectivity index (χ4v) is 1.14. The largest absolute Gasteiger partial charge is 0.455 e. The molecule has 0 spiro atoms. The third-order valence-electron chi connectivity index (χ3n) is 1.57. The van der Waals surface area contributed by atoms with Crippen molar-refractivity contribution in [2.75, 3.05) is 12.2 Å². The van der Waals surface area contributed by atoms with Gasteiger partial charge in [0.05, 0.1) is 0 Å². The second-order valence-corrected chi connectivity index (χ2v) is 3.55. The molecule has 0 aromatic heterocycles. The molecule has 0 aliphatic carbocycles. The van der Waals surface area contributed by atoms with Crippen LogP contribution in [0.1, 0.15) is 39.0 Å². The maximum Gasteiger partial charge on any atom is 0.306 e. The van der Waals surface area contributed by atoms with Gasteiger partial charge in [-0.1, -0.05) is 26.2 Å². The molecule has 0 heterocycles. The van der Waals surface area contributed by atoms with Crippen molar-refractivity contribution in [2.45, 2.75) is 39.0 Å². The predicted molar refractivity (Wildman–Crippen MR) is 53.2 cm³/mol. The number of thioether (sulfide) groups is 1. The molecule has 0 aliphatic rings. The van der Waals surface area contributed by atoms with Crippen molar-refractivity contribution in [3.63, 3.8) is 0 Å². The lowest BCUT2D eigenvalue weighted by Gasteiger charge is -2.01. The van der Waals surface area contributed by atoms with Crippen molar-refractivity contribution >= 4 is 17.7 Å². The van der Waals surface area contributed by atoms with Gasteiger partial charge < -0.3 is 4.74 Å². The topological polar surface area (TPSA) is 26.3 Å². The highest BCUT2D eigenvalue weighted by Crippen LogP contribution is 2.04. The van der Waals surface area contributed by atoms with E-state index < -0.39 is 0 Å². The standard InChI is InChI=1S/C9H18O2S/c1-3-4-5-6-7-9(10)11-8-12-2/h3-8H2,1-2H3. The van der Waals surface area contributed by atoms with Crippen LogP contribution in [0.15, 0.2) is 0 Å². The summed E-state index contributed by atoms with van der Waals surface area (Å²) < 4.78 is 4.90. The Labute approximate surface area is 79.1 Å². The van der Waals surface area contributed by atoms with E-state index in [1.165, 1.54) is 24.6 Å². The van der Waals surface area contributed by atoms with Gasteiger partial charge in [0.2, 0.25) is 0 Å². The lowest BCUT2D eigenvalue weighted by molar-refractivity contribution is -0.141. The van der Waals surface area contributed by atoms with Crippen molar-refractivity contribution in [2.24, 2.45) is 0 Å². The van der Waals surface area contributed by atoms with Gasteiger partial charge in [0, 0.05) is 6.42 Å². The van der Waals surface area contributed by atoms with Gasteiger partial charge in [0.25, 0.3) is 0 Å². The second-order valence-electron chi connectivity index (χ2n) is 2.73. The molecule has 0 atom stereocenters. The summed E-state index contributed by atoms with van der Waals surface area (Å²) >= 11 is 1.53. The predicted octanol–water partition coefficient (Wildman–Crippen LogP) is 2.82. The molecule has 0 amide bonds. The van der Waals surface area contributed by atoms with Gasteiger partial charge in [0.15, 0.2) is 0 Å². The Morgan fingerprint density at radius 2 is 2.08 bits per heavy atom. The van der Waals surface area contributed by atoms with Gasteiger partial charge in [-0.2, -0.15) is 0 Å². The molecule has 0 saturated carbocycles. The third kappa shape index (κ3) is 7.92. The van der Waals surface area contributed by atoms with Crippen molar-refractivity contribution in [3.8, 4) is 0 Å². The first-order chi connectivity index (χ1) is 5.81. The Balaban J connectivity index is 3.08. The van der Waals surface area contributed by atoms with Crippen LogP contribution in [0.5, 0.6) is 0 Å². The third-order valence-corrected chi connectivity index (χ3v) is 1.93. The van der Waals surface area contributed by atoms with Crippen LogP contribution in [0.25, 0.3) is 0 Å². The van der Waals surface area contributed by atoms with Gasteiger partial charge in [-0.15, -0.1) is 11.8 Å². The summed E-state index contributed by atoms with van der Waals surface area (Å²) in [5.74, 6) is 0.438. The second kappa shape index (κ2) is 8.91. The van der Waals surface area contributed by atoms with Crippen LogP contribution >= 0.6 is 11.8 Å². The molecule has 0 unspecified atom stereocenters. The molecule has 2 nitrogen and oxygen atoms in total. The lowest BCUT2D eigenvalue weighted by Crippen LogP contribution is -2.03. The van der Waals surface area contributed by atoms with E-state index in [0.29, 0.717) is 12.4 Å². The Bertz CT molecular complexity index is 115. The summed E-state index contributed by atoms with van der Waals surface area (Å²) in [6.45, 7) is 2.16. The van der Waals surface area contributed by atoms with Crippen LogP contribution in [0, 0.1) is 0 Å². The minimum Gasteiger partial charge on any atom is -0.455 e. The molecule has 0 radical (unpaired) electrons. The van der Waals surface area contributed by atoms with E-state index in [0.717, 1.165) is 12.8 Å². The SMILES string of the molecule is CCCCCCC(=O)OCSC. The van der Waals surface area contributed by atoms with Gasteiger partial charge in [0.1, 0.15) is 5.94 Å². The number of rotatable bonds is 7. The molecule has 0 saturated heterocycles. The van der Waals surface area contributed by atoms with Gasteiger partial charge >= 0.3 is 5.97 Å². The van der Waals surface area contributed by atoms with Crippen LogP contribution in [-0.2, 0) is 9.53 Å². The average Bonchev–Trinajstić information content (AvgIpc) is 2.09. The molecule has 72 valence electrons. The van der Waals surface area contributed by atoms with Crippen LogP contribution < -0.4 is 0 Å². The highest BCUT2D eigenvalue weighted by Gasteiger charge is 2.00. The van der Waals surface area contributed by atoms with Gasteiger partial charge in [-0.3, -0.25) is 4.79 Å².